The zero-order valence-corrected chi connectivity index (χ0v) is 16.5. The third-order valence-electron chi connectivity index (χ3n) is 4.83. The number of hydrogen-bond donors (Lipinski definition) is 2. The monoisotopic (exact) mass is 433 g/mol. The van der Waals surface area contributed by atoms with E-state index in [1.807, 2.05) is 0 Å². The van der Waals surface area contributed by atoms with Crippen LogP contribution in [0.1, 0.15) is 26.5 Å². The molecule has 2 aliphatic rings. The van der Waals surface area contributed by atoms with Gasteiger partial charge in [-0.2, -0.15) is 0 Å². The normalized spacial score (nSPS) is 16.9. The van der Waals surface area contributed by atoms with Gasteiger partial charge in [0.2, 0.25) is 0 Å². The summed E-state index contributed by atoms with van der Waals surface area (Å²) in [5, 5.41) is 10.4. The zero-order valence-electron chi connectivity index (χ0n) is 15.6. The lowest BCUT2D eigenvalue weighted by atomic mass is 10.0. The zero-order chi connectivity index (χ0) is 21.7. The van der Waals surface area contributed by atoms with Crippen LogP contribution in [0.5, 0.6) is 0 Å². The molecule has 9 heteroatoms. The van der Waals surface area contributed by atoms with Crippen molar-refractivity contribution in [2.24, 2.45) is 0 Å². The number of hydrogen-bond acceptors (Lipinski definition) is 6. The van der Waals surface area contributed by atoms with Gasteiger partial charge in [-0.15, -0.1) is 0 Å². The van der Waals surface area contributed by atoms with Crippen LogP contribution < -0.4 is 10.2 Å². The third kappa shape index (κ3) is 3.24. The van der Waals surface area contributed by atoms with Crippen molar-refractivity contribution in [2.75, 3.05) is 4.90 Å². The first-order valence-electron chi connectivity index (χ1n) is 9.09. The van der Waals surface area contributed by atoms with E-state index in [1.54, 1.807) is 30.3 Å². The Hall–Kier alpha value is -3.98. The first-order chi connectivity index (χ1) is 14.9. The lowest BCUT2D eigenvalue weighted by Gasteiger charge is -2.13. The molecule has 5 rings (SSSR count). The molecule has 0 atom stereocenters. The highest BCUT2D eigenvalue weighted by Crippen LogP contribution is 2.36. The largest absolute Gasteiger partial charge is 0.457 e. The van der Waals surface area contributed by atoms with Gasteiger partial charge < -0.3 is 4.42 Å². The molecule has 31 heavy (non-hydrogen) atoms. The Bertz CT molecular complexity index is 1330. The van der Waals surface area contributed by atoms with E-state index >= 15 is 0 Å². The predicted octanol–water partition coefficient (Wildman–Crippen LogP) is 4.02. The molecule has 3 aromatic rings. The van der Waals surface area contributed by atoms with Crippen molar-refractivity contribution in [1.82, 2.24) is 5.32 Å². The molecule has 1 fully saturated rings. The molecule has 0 radical (unpaired) electrons. The molecule has 2 N–H and O–H groups in total. The number of nitrogens with one attached hydrogen (secondary N) is 2. The average Bonchev–Trinajstić information content (AvgIpc) is 3.41. The van der Waals surface area contributed by atoms with Crippen LogP contribution in [0.2, 0.25) is 0 Å². The summed E-state index contributed by atoms with van der Waals surface area (Å²) in [4.78, 5) is 37.8. The van der Waals surface area contributed by atoms with Gasteiger partial charge in [-0.25, -0.2) is 4.39 Å². The molecule has 0 spiro atoms. The smallest absolute Gasteiger partial charge is 0.271 e. The second-order valence-corrected chi connectivity index (χ2v) is 7.81. The Balaban J connectivity index is 1.42. The van der Waals surface area contributed by atoms with Gasteiger partial charge in [0.15, 0.2) is 5.17 Å². The number of fused-ring (bicyclic) bond motifs is 1. The number of amidine groups is 1. The number of carbonyl (C=O) groups excluding carboxylic acids is 3. The number of furan rings is 1. The number of rotatable bonds is 3. The third-order valence-corrected chi connectivity index (χ3v) is 5.72. The maximum absolute atomic E-state index is 13.2. The Labute approximate surface area is 179 Å². The number of amides is 3. The summed E-state index contributed by atoms with van der Waals surface area (Å²) in [6.45, 7) is 0. The van der Waals surface area contributed by atoms with Crippen molar-refractivity contribution >= 4 is 46.4 Å². The molecule has 7 nitrogen and oxygen atoms in total. The summed E-state index contributed by atoms with van der Waals surface area (Å²) in [6, 6.07) is 13.5. The quantitative estimate of drug-likeness (QED) is 0.480. The van der Waals surface area contributed by atoms with Gasteiger partial charge in [0.1, 0.15) is 17.3 Å². The molecule has 2 aliphatic heterocycles. The molecule has 0 unspecified atom stereocenters. The first-order valence-corrected chi connectivity index (χ1v) is 9.90. The summed E-state index contributed by atoms with van der Waals surface area (Å²) in [7, 11) is 0. The number of nitrogens with zero attached hydrogens (tertiary/aromatic N) is 1. The lowest BCUT2D eigenvalue weighted by Crippen LogP contribution is -2.28. The van der Waals surface area contributed by atoms with Gasteiger partial charge in [-0.05, 0) is 60.3 Å². The lowest BCUT2D eigenvalue weighted by molar-refractivity contribution is -0.113. The SMILES string of the molecule is N=C1S/C(=C\c2ccc(-c3ccc4c(c3)C(=O)NC4=O)o2)C(=O)N1c1ccc(F)cc1. The minimum Gasteiger partial charge on any atom is -0.457 e. The first kappa shape index (κ1) is 19.0. The van der Waals surface area contributed by atoms with E-state index in [0.29, 0.717) is 28.3 Å². The van der Waals surface area contributed by atoms with E-state index in [0.717, 1.165) is 11.8 Å². The highest BCUT2D eigenvalue weighted by Gasteiger charge is 2.34. The molecular weight excluding hydrogens is 421 g/mol. The van der Waals surface area contributed by atoms with Crippen LogP contribution >= 0.6 is 11.8 Å². The van der Waals surface area contributed by atoms with Crippen molar-refractivity contribution < 1.29 is 23.2 Å². The van der Waals surface area contributed by atoms with Gasteiger partial charge in [0.25, 0.3) is 17.7 Å². The van der Waals surface area contributed by atoms with Crippen LogP contribution in [0.4, 0.5) is 10.1 Å². The van der Waals surface area contributed by atoms with Gasteiger partial charge in [0, 0.05) is 11.6 Å². The van der Waals surface area contributed by atoms with E-state index < -0.39 is 23.5 Å². The Morgan fingerprint density at radius 1 is 0.968 bits per heavy atom. The van der Waals surface area contributed by atoms with Gasteiger partial charge in [-0.3, -0.25) is 30.0 Å². The van der Waals surface area contributed by atoms with Crippen LogP contribution in [0.15, 0.2) is 63.9 Å². The minimum atomic E-state index is -0.455. The molecule has 0 aliphatic carbocycles. The summed E-state index contributed by atoms with van der Waals surface area (Å²) in [6.07, 6.45) is 1.53. The molecule has 152 valence electrons. The maximum atomic E-state index is 13.2. The van der Waals surface area contributed by atoms with Crippen molar-refractivity contribution in [3.8, 4) is 11.3 Å². The van der Waals surface area contributed by atoms with Gasteiger partial charge in [0.05, 0.1) is 21.7 Å². The highest BCUT2D eigenvalue weighted by atomic mass is 32.2. The summed E-state index contributed by atoms with van der Waals surface area (Å²) >= 11 is 0.974. The topological polar surface area (TPSA) is 103 Å². The average molecular weight is 433 g/mol. The Morgan fingerprint density at radius 2 is 1.71 bits per heavy atom. The number of benzene rings is 2. The second kappa shape index (κ2) is 7.06. The van der Waals surface area contributed by atoms with E-state index in [9.17, 15) is 18.8 Å². The molecular formula is C22H12FN3O4S. The van der Waals surface area contributed by atoms with Crippen molar-refractivity contribution in [3.05, 3.63) is 82.2 Å². The van der Waals surface area contributed by atoms with Crippen LogP contribution in [0.25, 0.3) is 17.4 Å². The fourth-order valence-corrected chi connectivity index (χ4v) is 4.19. The fourth-order valence-electron chi connectivity index (χ4n) is 3.35. The van der Waals surface area contributed by atoms with Gasteiger partial charge >= 0.3 is 0 Å². The van der Waals surface area contributed by atoms with Crippen molar-refractivity contribution in [3.63, 3.8) is 0 Å². The summed E-state index contributed by atoms with van der Waals surface area (Å²) < 4.78 is 19.0. The van der Waals surface area contributed by atoms with Crippen molar-refractivity contribution in [2.45, 2.75) is 0 Å². The molecule has 3 heterocycles. The molecule has 0 saturated carbocycles. The minimum absolute atomic E-state index is 0.00365. The van der Waals surface area contributed by atoms with Crippen LogP contribution in [0, 0.1) is 11.2 Å². The van der Waals surface area contributed by atoms with E-state index in [2.05, 4.69) is 5.32 Å². The van der Waals surface area contributed by atoms with Crippen LogP contribution in [-0.2, 0) is 4.79 Å². The molecule has 3 amide bonds. The number of imide groups is 1. The molecule has 1 aromatic heterocycles. The van der Waals surface area contributed by atoms with E-state index in [1.165, 1.54) is 35.2 Å². The van der Waals surface area contributed by atoms with E-state index in [-0.39, 0.29) is 15.6 Å². The molecule has 1 saturated heterocycles. The van der Waals surface area contributed by atoms with E-state index in [4.69, 9.17) is 9.83 Å². The summed E-state index contributed by atoms with van der Waals surface area (Å²) in [5.74, 6) is -0.873. The number of carbonyl (C=O) groups is 3. The van der Waals surface area contributed by atoms with Gasteiger partial charge in [-0.1, -0.05) is 6.07 Å². The fraction of sp³-hybridized carbons (Fsp3) is 0. The standard InChI is InChI=1S/C22H12FN3O4S/c23-12-2-4-13(5-3-12)26-21(29)18(31-22(26)24)10-14-6-8-17(30-14)11-1-7-15-16(9-11)20(28)25-19(15)27/h1-10,24H,(H,25,27,28)/b18-10-,24-22?. The van der Waals surface area contributed by atoms with Crippen molar-refractivity contribution in [1.29, 1.82) is 5.41 Å². The second-order valence-electron chi connectivity index (χ2n) is 6.78. The summed E-state index contributed by atoms with van der Waals surface area (Å²) in [5.41, 5.74) is 1.61. The number of anilines is 1. The number of thioether (sulfide) groups is 1. The maximum Gasteiger partial charge on any atom is 0.271 e. The Kier molecular flexibility index (Phi) is 4.33. The molecule has 0 bridgehead atoms. The molecule has 2 aromatic carbocycles. The predicted molar refractivity (Wildman–Crippen MR) is 113 cm³/mol. The Morgan fingerprint density at radius 3 is 2.48 bits per heavy atom. The van der Waals surface area contributed by atoms with Crippen LogP contribution in [0.3, 0.4) is 0 Å². The van der Waals surface area contributed by atoms with Crippen LogP contribution in [-0.4, -0.2) is 22.9 Å². The number of halogens is 1. The highest BCUT2D eigenvalue weighted by molar-refractivity contribution is 8.19.